The second-order valence-corrected chi connectivity index (χ2v) is 0. The molecule has 0 bridgehead atoms. The Morgan fingerprint density at radius 1 is 1.00 bits per heavy atom. The first-order chi connectivity index (χ1) is 0. The molecule has 0 aliphatic heterocycles. The van der Waals surface area contributed by atoms with Gasteiger partial charge in [-0.2, -0.15) is 9.90 Å². The fourth-order valence-corrected chi connectivity index (χ4v) is 0. The van der Waals surface area contributed by atoms with Crippen LogP contribution in [0.1, 0.15) is 0 Å². The van der Waals surface area contributed by atoms with Crippen LogP contribution >= 0.6 is 9.90 Å². The Labute approximate surface area is 88.4 Å². The van der Waals surface area contributed by atoms with Gasteiger partial charge in [0.25, 0.3) is 0 Å². The van der Waals surface area contributed by atoms with Gasteiger partial charge in [0.2, 0.25) is 0 Å². The zero-order valence-electron chi connectivity index (χ0n) is 2.83. The van der Waals surface area contributed by atoms with Gasteiger partial charge in [0, 0.05) is 80.3 Å². The van der Waals surface area contributed by atoms with E-state index in [1.807, 2.05) is 0 Å². The van der Waals surface area contributed by atoms with Gasteiger partial charge in [-0.25, -0.2) is 0 Å². The van der Waals surface area contributed by atoms with Gasteiger partial charge in [0.15, 0.2) is 0 Å². The molecule has 0 spiro atoms. The summed E-state index contributed by atoms with van der Waals surface area (Å²) in [7, 11) is 0. The molecule has 0 amide bonds. The molecule has 0 aliphatic rings. The van der Waals surface area contributed by atoms with Crippen LogP contribution in [0.2, 0.25) is 0 Å². The number of hydrogen-bond donors (Lipinski definition) is 0. The van der Waals surface area contributed by atoms with E-state index in [0.29, 0.717) is 0 Å². The van der Waals surface area contributed by atoms with Crippen LogP contribution in [0, 0.1) is 0 Å². The van der Waals surface area contributed by atoms with Crippen molar-refractivity contribution in [1.29, 1.82) is 0 Å². The molecule has 0 fully saturated rings. The van der Waals surface area contributed by atoms with Gasteiger partial charge in [-0.05, 0) is 0 Å². The predicted octanol–water partition coefficient (Wildman–Crippen LogP) is -0.706. The fraction of sp³-hybridized carbons (Fsp3) is 0. The summed E-state index contributed by atoms with van der Waals surface area (Å²) in [6.07, 6.45) is 0. The second kappa shape index (κ2) is 16.5. The van der Waals surface area contributed by atoms with Crippen molar-refractivity contribution in [2.24, 2.45) is 0 Å². The molecule has 4 heavy (non-hydrogen) atoms. The van der Waals surface area contributed by atoms with Crippen molar-refractivity contribution in [3.63, 3.8) is 0 Å². The third-order valence-electron chi connectivity index (χ3n) is 0. The molecule has 1 atom stereocenters. The summed E-state index contributed by atoms with van der Waals surface area (Å²) in [5.74, 6) is 0. The second-order valence-electron chi connectivity index (χ2n) is 0. The molecule has 0 N–H and O–H groups in total. The Bertz CT molecular complexity index is 8.00. The molecule has 0 saturated carbocycles. The van der Waals surface area contributed by atoms with Gasteiger partial charge in [-0.15, -0.1) is 0 Å². The molecule has 0 saturated heterocycles. The Kier molecular flexibility index (Phi) is 114. The Morgan fingerprint density at radius 3 is 1.00 bits per heavy atom. The van der Waals surface area contributed by atoms with Crippen LogP contribution in [-0.2, 0) is 19.5 Å². The summed E-state index contributed by atoms with van der Waals surface area (Å²) in [6, 6.07) is 0. The van der Waals surface area contributed by atoms with Crippen LogP contribution in [0.25, 0.3) is 0 Å². The van der Waals surface area contributed by atoms with Gasteiger partial charge in [-0.1, -0.05) is 0 Å². The molecule has 4 heteroatoms. The topological polar surface area (TPSA) is 0 Å². The maximum Gasteiger partial charge on any atom is 0 e. The smallest absolute Gasteiger partial charge is 0 e. The number of hydrogen-bond acceptors (Lipinski definition) is 0. The molecule has 0 aromatic rings. The van der Waals surface area contributed by atoms with E-state index in [1.165, 1.54) is 0 Å². The summed E-state index contributed by atoms with van der Waals surface area (Å²) < 4.78 is 0. The van der Waals surface area contributed by atoms with E-state index in [4.69, 9.17) is 0 Å². The molecular weight excluding hydrogens is 161 g/mol. The molecule has 0 aromatic heterocycles. The Balaban J connectivity index is 0. The average Bonchev–Trinajstić information content (AvgIpc) is 0. The summed E-state index contributed by atoms with van der Waals surface area (Å²) in [5, 5.41) is 0. The van der Waals surface area contributed by atoms with Crippen LogP contribution in [0.5, 0.6) is 0 Å². The minimum Gasteiger partial charge on any atom is -0.153 e. The van der Waals surface area contributed by atoms with E-state index in [1.54, 1.807) is 0 Å². The Morgan fingerprint density at radius 2 is 1.00 bits per heavy atom. The molecule has 0 aromatic carbocycles. The van der Waals surface area contributed by atoms with Crippen LogP contribution < -0.4 is 0 Å². The maximum atomic E-state index is 0. The predicted molar refractivity (Wildman–Crippen MR) is 22.6 cm³/mol. The molecule has 0 nitrogen and oxygen atoms in total. The van der Waals surface area contributed by atoms with Gasteiger partial charge in [0.1, 0.15) is 0 Å². The minimum absolute atomic E-state index is 0. The first-order valence-corrected chi connectivity index (χ1v) is 0. The number of rotatable bonds is 0. The monoisotopic (exact) mass is 162 g/mol. The van der Waals surface area contributed by atoms with E-state index in [0.717, 1.165) is 0 Å². The third kappa shape index (κ3) is 8.91. The van der Waals surface area contributed by atoms with Crippen molar-refractivity contribution in [2.75, 3.05) is 0 Å². The molecule has 0 rings (SSSR count). The SMILES string of the molecule is P.[Ca].[Mg].[Zn]. The zero-order chi connectivity index (χ0) is 0. The van der Waals surface area contributed by atoms with E-state index in [9.17, 15) is 0 Å². The largest absolute Gasteiger partial charge is 0.153 e. The Hall–Kier alpha value is 3.08. The molecule has 1 unspecified atom stereocenters. The first kappa shape index (κ1) is 27.6. The summed E-state index contributed by atoms with van der Waals surface area (Å²) in [5.41, 5.74) is 0. The minimum atomic E-state index is 0. The fourth-order valence-electron chi connectivity index (χ4n) is 0. The van der Waals surface area contributed by atoms with Crippen LogP contribution in [0.15, 0.2) is 0 Å². The van der Waals surface area contributed by atoms with Crippen LogP contribution in [-0.4, -0.2) is 60.8 Å². The van der Waals surface area contributed by atoms with Gasteiger partial charge in [0.05, 0.1) is 0 Å². The summed E-state index contributed by atoms with van der Waals surface area (Å²) in [6.45, 7) is 0. The quantitative estimate of drug-likeness (QED) is 0.327. The van der Waals surface area contributed by atoms with E-state index in [2.05, 4.69) is 0 Å². The van der Waals surface area contributed by atoms with Crippen LogP contribution in [0.3, 0.4) is 0 Å². The molecule has 0 heterocycles. The van der Waals surface area contributed by atoms with E-state index >= 15 is 0 Å². The van der Waals surface area contributed by atoms with Crippen molar-refractivity contribution in [3.05, 3.63) is 0 Å². The molecule has 14 valence electrons. The standard InChI is InChI=1S/Ca.Mg.H3P.Zn/h;;1H3;. The zero-order valence-corrected chi connectivity index (χ0v) is 10.8. The average molecular weight is 164 g/mol. The summed E-state index contributed by atoms with van der Waals surface area (Å²) >= 11 is 0. The molecule has 4 radical (unpaired) electrons. The van der Waals surface area contributed by atoms with E-state index in [-0.39, 0.29) is 90.2 Å². The van der Waals surface area contributed by atoms with Crippen molar-refractivity contribution in [2.45, 2.75) is 0 Å². The van der Waals surface area contributed by atoms with Gasteiger partial charge >= 0.3 is 0 Å². The van der Waals surface area contributed by atoms with Crippen molar-refractivity contribution in [1.82, 2.24) is 0 Å². The summed E-state index contributed by atoms with van der Waals surface area (Å²) in [4.78, 5) is 0. The molecule has 0 aliphatic carbocycles. The van der Waals surface area contributed by atoms with Gasteiger partial charge < -0.3 is 0 Å². The van der Waals surface area contributed by atoms with Crippen molar-refractivity contribution in [3.8, 4) is 0 Å². The van der Waals surface area contributed by atoms with Crippen molar-refractivity contribution < 1.29 is 19.5 Å². The first-order valence-electron chi connectivity index (χ1n) is 0. The third-order valence-corrected chi connectivity index (χ3v) is 0. The van der Waals surface area contributed by atoms with E-state index < -0.39 is 0 Å². The van der Waals surface area contributed by atoms with Crippen molar-refractivity contribution >= 4 is 70.7 Å². The van der Waals surface area contributed by atoms with Crippen LogP contribution in [0.4, 0.5) is 0 Å². The van der Waals surface area contributed by atoms with Gasteiger partial charge in [-0.3, -0.25) is 0 Å². The maximum absolute atomic E-state index is 0. The molecular formula is H3CaMgPZn. The normalized spacial score (nSPS) is 0.